The van der Waals surface area contributed by atoms with E-state index in [1.807, 2.05) is 6.92 Å². The van der Waals surface area contributed by atoms with Crippen LogP contribution in [0.2, 0.25) is 0 Å². The van der Waals surface area contributed by atoms with E-state index in [0.29, 0.717) is 5.56 Å². The maximum absolute atomic E-state index is 12.5. The Bertz CT molecular complexity index is 992. The van der Waals surface area contributed by atoms with Gasteiger partial charge in [0.1, 0.15) is 10.8 Å². The number of carbonyl (C=O) groups excluding carboxylic acids is 2. The normalized spacial score (nSPS) is 11.1. The zero-order valence-corrected chi connectivity index (χ0v) is 15.9. The van der Waals surface area contributed by atoms with Crippen molar-refractivity contribution in [2.45, 2.75) is 18.4 Å². The van der Waals surface area contributed by atoms with Crippen LogP contribution in [0.25, 0.3) is 0 Å². The highest BCUT2D eigenvalue weighted by atomic mass is 35.5. The van der Waals surface area contributed by atoms with E-state index < -0.39 is 20.9 Å². The first-order valence-corrected chi connectivity index (χ1v) is 9.70. The van der Waals surface area contributed by atoms with E-state index in [4.69, 9.17) is 17.3 Å². The number of carbonyl (C=O) groups is 2. The first-order chi connectivity index (χ1) is 12.6. The monoisotopic (exact) mass is 411 g/mol. The summed E-state index contributed by atoms with van der Waals surface area (Å²) in [6.45, 7) is 2.05. The molecule has 10 heteroatoms. The Kier molecular flexibility index (Phi) is 6.42. The maximum Gasteiger partial charge on any atom is 0.296 e. The number of amides is 2. The molecule has 0 aliphatic rings. The van der Waals surface area contributed by atoms with Gasteiger partial charge in [-0.25, -0.2) is 0 Å². The molecule has 0 aliphatic carbocycles. The maximum atomic E-state index is 12.5. The van der Waals surface area contributed by atoms with Gasteiger partial charge in [-0.05, 0) is 48.4 Å². The van der Waals surface area contributed by atoms with Gasteiger partial charge in [0, 0.05) is 17.8 Å². The number of anilines is 2. The molecule has 2 rings (SSSR count). The van der Waals surface area contributed by atoms with Crippen molar-refractivity contribution in [2.24, 2.45) is 0 Å². The zero-order valence-electron chi connectivity index (χ0n) is 14.3. The molecule has 0 spiro atoms. The number of hydrogen-bond acceptors (Lipinski definition) is 5. The molecule has 0 saturated heterocycles. The summed E-state index contributed by atoms with van der Waals surface area (Å²) in [5, 5.41) is 5.17. The van der Waals surface area contributed by atoms with Gasteiger partial charge in [-0.1, -0.05) is 6.07 Å². The Morgan fingerprint density at radius 2 is 1.89 bits per heavy atom. The molecule has 27 heavy (non-hydrogen) atoms. The number of benzene rings is 2. The number of halogens is 1. The van der Waals surface area contributed by atoms with Crippen LogP contribution in [-0.4, -0.2) is 30.7 Å². The van der Waals surface area contributed by atoms with Crippen LogP contribution in [0, 0.1) is 6.92 Å². The smallest absolute Gasteiger partial charge is 0.296 e. The van der Waals surface area contributed by atoms with Crippen molar-refractivity contribution in [1.29, 1.82) is 0 Å². The molecule has 0 atom stereocenters. The lowest BCUT2D eigenvalue weighted by atomic mass is 10.0. The Balaban J connectivity index is 2.22. The first-order valence-electron chi connectivity index (χ1n) is 7.72. The van der Waals surface area contributed by atoms with Crippen LogP contribution in [0.3, 0.4) is 0 Å². The molecule has 0 aliphatic heterocycles. The molecule has 0 unspecified atom stereocenters. The average Bonchev–Trinajstić information content (AvgIpc) is 2.61. The Morgan fingerprint density at radius 1 is 1.19 bits per heavy atom. The predicted octanol–water partition coefficient (Wildman–Crippen LogP) is 1.93. The van der Waals surface area contributed by atoms with Crippen molar-refractivity contribution in [3.63, 3.8) is 0 Å². The second-order valence-electron chi connectivity index (χ2n) is 5.73. The Morgan fingerprint density at radius 3 is 2.52 bits per heavy atom. The van der Waals surface area contributed by atoms with Gasteiger partial charge in [0.05, 0.1) is 5.69 Å². The molecule has 0 saturated carbocycles. The van der Waals surface area contributed by atoms with Gasteiger partial charge in [-0.15, -0.1) is 11.6 Å². The molecule has 5 N–H and O–H groups in total. The number of hydrogen-bond donors (Lipinski definition) is 4. The van der Waals surface area contributed by atoms with E-state index in [2.05, 4.69) is 10.6 Å². The molecular weight excluding hydrogens is 394 g/mol. The number of aryl methyl sites for hydroxylation is 1. The van der Waals surface area contributed by atoms with Gasteiger partial charge in [-0.2, -0.15) is 8.42 Å². The van der Waals surface area contributed by atoms with E-state index >= 15 is 0 Å². The molecular formula is C17H18ClN3O5S. The minimum atomic E-state index is -4.51. The lowest BCUT2D eigenvalue weighted by Crippen LogP contribution is -2.24. The van der Waals surface area contributed by atoms with Crippen molar-refractivity contribution in [3.8, 4) is 0 Å². The quantitative estimate of drug-likeness (QED) is 0.325. The standard InChI is InChI=1S/C17H18ClN3O5S/c1-10-2-3-11(6-12(10)9-20-16(22)8-18)17(23)21-13-4-5-14(19)15(7-13)27(24,25)26/h2-7H,8-9,19H2,1H3,(H,20,22)(H,21,23)(H,24,25,26). The van der Waals surface area contributed by atoms with Gasteiger partial charge in [0.25, 0.3) is 16.0 Å². The highest BCUT2D eigenvalue weighted by molar-refractivity contribution is 7.86. The van der Waals surface area contributed by atoms with E-state index in [-0.39, 0.29) is 29.7 Å². The van der Waals surface area contributed by atoms with Crippen molar-refractivity contribution in [2.75, 3.05) is 16.9 Å². The Labute approximate surface area is 161 Å². The largest absolute Gasteiger partial charge is 0.398 e. The van der Waals surface area contributed by atoms with Crippen LogP contribution >= 0.6 is 11.6 Å². The summed E-state index contributed by atoms with van der Waals surface area (Å²) in [5.74, 6) is -0.983. The third-order valence-electron chi connectivity index (χ3n) is 3.76. The predicted molar refractivity (Wildman–Crippen MR) is 102 cm³/mol. The molecule has 0 radical (unpaired) electrons. The van der Waals surface area contributed by atoms with Gasteiger partial charge < -0.3 is 16.4 Å². The fourth-order valence-electron chi connectivity index (χ4n) is 2.28. The van der Waals surface area contributed by atoms with E-state index in [0.717, 1.165) is 17.2 Å². The van der Waals surface area contributed by atoms with E-state index in [9.17, 15) is 22.6 Å². The molecule has 0 fully saturated rings. The molecule has 2 amide bonds. The molecule has 0 aromatic heterocycles. The van der Waals surface area contributed by atoms with Crippen molar-refractivity contribution in [3.05, 3.63) is 53.1 Å². The summed E-state index contributed by atoms with van der Waals surface area (Å²) in [7, 11) is -4.51. The molecule has 2 aromatic rings. The Hall–Kier alpha value is -2.62. The minimum Gasteiger partial charge on any atom is -0.398 e. The first kappa shape index (κ1) is 20.7. The molecule has 2 aromatic carbocycles. The fraction of sp³-hybridized carbons (Fsp3) is 0.176. The summed E-state index contributed by atoms with van der Waals surface area (Å²) in [4.78, 5) is 23.3. The van der Waals surface area contributed by atoms with Gasteiger partial charge >= 0.3 is 0 Å². The summed E-state index contributed by atoms with van der Waals surface area (Å²) in [6.07, 6.45) is 0. The third kappa shape index (κ3) is 5.43. The molecule has 144 valence electrons. The summed E-state index contributed by atoms with van der Waals surface area (Å²) in [6, 6.07) is 8.68. The molecule has 0 heterocycles. The van der Waals surface area contributed by atoms with Gasteiger partial charge in [0.15, 0.2) is 0 Å². The SMILES string of the molecule is Cc1ccc(C(=O)Nc2ccc(N)c(S(=O)(=O)O)c2)cc1CNC(=O)CCl. The van der Waals surface area contributed by atoms with Crippen LogP contribution in [0.1, 0.15) is 21.5 Å². The topological polar surface area (TPSA) is 139 Å². The van der Waals surface area contributed by atoms with Crippen molar-refractivity contribution in [1.82, 2.24) is 5.32 Å². The third-order valence-corrected chi connectivity index (χ3v) is 4.91. The minimum absolute atomic E-state index is 0.136. The number of nitrogens with one attached hydrogen (secondary N) is 2. The van der Waals surface area contributed by atoms with Crippen LogP contribution in [0.15, 0.2) is 41.3 Å². The van der Waals surface area contributed by atoms with Crippen LogP contribution in [-0.2, 0) is 21.5 Å². The van der Waals surface area contributed by atoms with Gasteiger partial charge in [0.2, 0.25) is 5.91 Å². The number of alkyl halides is 1. The molecule has 8 nitrogen and oxygen atoms in total. The van der Waals surface area contributed by atoms with Gasteiger partial charge in [-0.3, -0.25) is 14.1 Å². The van der Waals surface area contributed by atoms with E-state index in [1.165, 1.54) is 12.1 Å². The van der Waals surface area contributed by atoms with Crippen molar-refractivity contribution >= 4 is 44.9 Å². The highest BCUT2D eigenvalue weighted by Crippen LogP contribution is 2.23. The lowest BCUT2D eigenvalue weighted by molar-refractivity contribution is -0.118. The number of rotatable bonds is 6. The molecule has 0 bridgehead atoms. The lowest BCUT2D eigenvalue weighted by Gasteiger charge is -2.11. The zero-order chi connectivity index (χ0) is 20.2. The van der Waals surface area contributed by atoms with Crippen LogP contribution < -0.4 is 16.4 Å². The average molecular weight is 412 g/mol. The summed E-state index contributed by atoms with van der Waals surface area (Å²) in [5.41, 5.74) is 7.46. The number of nitrogens with two attached hydrogens (primary N) is 1. The van der Waals surface area contributed by atoms with E-state index in [1.54, 1.807) is 18.2 Å². The summed E-state index contributed by atoms with van der Waals surface area (Å²) >= 11 is 5.44. The van der Waals surface area contributed by atoms with Crippen LogP contribution in [0.5, 0.6) is 0 Å². The second-order valence-corrected chi connectivity index (χ2v) is 7.39. The van der Waals surface area contributed by atoms with Crippen molar-refractivity contribution < 1.29 is 22.6 Å². The summed E-state index contributed by atoms with van der Waals surface area (Å²) < 4.78 is 31.8. The second kappa shape index (κ2) is 8.38. The van der Waals surface area contributed by atoms with Crippen LogP contribution in [0.4, 0.5) is 11.4 Å². The fourth-order valence-corrected chi connectivity index (χ4v) is 3.02. The number of nitrogen functional groups attached to an aromatic ring is 1. The highest BCUT2D eigenvalue weighted by Gasteiger charge is 2.16.